The summed E-state index contributed by atoms with van der Waals surface area (Å²) in [7, 11) is 0. The Morgan fingerprint density at radius 2 is 1.90 bits per heavy atom. The first kappa shape index (κ1) is 15.7. The molecule has 21 heavy (non-hydrogen) atoms. The van der Waals surface area contributed by atoms with Gasteiger partial charge in [0.25, 0.3) is 0 Å². The number of carbonyl (C=O) groups excluding carboxylic acids is 1. The fourth-order valence-corrected chi connectivity index (χ4v) is 2.58. The number of hydrogen-bond acceptors (Lipinski definition) is 4. The van der Waals surface area contributed by atoms with E-state index in [9.17, 15) is 18.0 Å². The van der Waals surface area contributed by atoms with Crippen LogP contribution in [0.15, 0.2) is 29.6 Å². The van der Waals surface area contributed by atoms with Gasteiger partial charge in [0.1, 0.15) is 5.69 Å². The Morgan fingerprint density at radius 1 is 1.24 bits per heavy atom. The van der Waals surface area contributed by atoms with Crippen molar-refractivity contribution in [1.29, 1.82) is 0 Å². The maximum Gasteiger partial charge on any atom is 0.416 e. The highest BCUT2D eigenvalue weighted by molar-refractivity contribution is 7.09. The highest BCUT2D eigenvalue weighted by Crippen LogP contribution is 2.29. The fourth-order valence-electron chi connectivity index (χ4n) is 1.76. The number of Topliss-reactive ketones (excluding diaryl/α,β-unsaturated/α-hetero) is 1. The molecule has 0 aliphatic carbocycles. The van der Waals surface area contributed by atoms with Crippen LogP contribution in [0.1, 0.15) is 26.6 Å². The topological polar surface area (TPSA) is 56.0 Å². The Morgan fingerprint density at radius 3 is 2.48 bits per heavy atom. The number of rotatable bonds is 5. The van der Waals surface area contributed by atoms with Crippen molar-refractivity contribution in [3.8, 4) is 0 Å². The van der Waals surface area contributed by atoms with Crippen LogP contribution < -0.4 is 5.73 Å². The van der Waals surface area contributed by atoms with Crippen molar-refractivity contribution < 1.29 is 18.0 Å². The van der Waals surface area contributed by atoms with Gasteiger partial charge in [0, 0.05) is 18.2 Å². The monoisotopic (exact) mass is 314 g/mol. The highest BCUT2D eigenvalue weighted by Gasteiger charge is 2.30. The fraction of sp³-hybridized carbons (Fsp3) is 0.286. The van der Waals surface area contributed by atoms with E-state index in [1.807, 2.05) is 0 Å². The number of alkyl halides is 3. The number of nitrogens with two attached hydrogens (primary N) is 1. The van der Waals surface area contributed by atoms with Crippen molar-refractivity contribution in [2.45, 2.75) is 19.0 Å². The molecule has 2 rings (SSSR count). The average molecular weight is 314 g/mol. The maximum atomic E-state index is 12.4. The number of halogens is 3. The van der Waals surface area contributed by atoms with E-state index in [2.05, 4.69) is 4.98 Å². The van der Waals surface area contributed by atoms with E-state index in [1.54, 1.807) is 5.38 Å². The lowest BCUT2D eigenvalue weighted by atomic mass is 10.1. The molecule has 0 saturated heterocycles. The summed E-state index contributed by atoms with van der Waals surface area (Å²) in [5.74, 6) is -0.214. The molecule has 0 spiro atoms. The zero-order valence-electron chi connectivity index (χ0n) is 11.0. The first-order chi connectivity index (χ1) is 9.90. The predicted molar refractivity (Wildman–Crippen MR) is 74.4 cm³/mol. The van der Waals surface area contributed by atoms with Gasteiger partial charge in [-0.25, -0.2) is 4.98 Å². The van der Waals surface area contributed by atoms with Gasteiger partial charge in [-0.05, 0) is 24.2 Å². The maximum absolute atomic E-state index is 12.4. The summed E-state index contributed by atoms with van der Waals surface area (Å²) >= 11 is 1.36. The van der Waals surface area contributed by atoms with Gasteiger partial charge in [0.05, 0.1) is 10.6 Å². The average Bonchev–Trinajstić information content (AvgIpc) is 2.87. The summed E-state index contributed by atoms with van der Waals surface area (Å²) in [5, 5.41) is 2.44. The van der Waals surface area contributed by atoms with Crippen LogP contribution in [0.2, 0.25) is 0 Å². The molecule has 0 saturated carbocycles. The SMILES string of the molecule is NCCc1nc(C(=O)Cc2ccc(C(F)(F)F)cc2)cs1. The number of hydrogen-bond donors (Lipinski definition) is 1. The number of nitrogens with zero attached hydrogens (tertiary/aromatic N) is 1. The molecule has 7 heteroatoms. The minimum Gasteiger partial charge on any atom is -0.330 e. The largest absolute Gasteiger partial charge is 0.416 e. The van der Waals surface area contributed by atoms with Gasteiger partial charge in [0.2, 0.25) is 0 Å². The standard InChI is InChI=1S/C14H13F3N2OS/c15-14(16,17)10-3-1-9(2-4-10)7-12(20)11-8-21-13(19-11)5-6-18/h1-4,8H,5-7,18H2. The van der Waals surface area contributed by atoms with E-state index in [0.29, 0.717) is 24.2 Å². The first-order valence-electron chi connectivity index (χ1n) is 6.24. The number of benzene rings is 1. The molecule has 2 N–H and O–H groups in total. The second-order valence-electron chi connectivity index (χ2n) is 4.46. The molecule has 0 unspecified atom stereocenters. The van der Waals surface area contributed by atoms with Gasteiger partial charge in [0.15, 0.2) is 5.78 Å². The molecule has 0 atom stereocenters. The van der Waals surface area contributed by atoms with Crippen molar-refractivity contribution in [2.75, 3.05) is 6.54 Å². The summed E-state index contributed by atoms with van der Waals surface area (Å²) in [5.41, 5.74) is 5.55. The molecule has 1 heterocycles. The number of aromatic nitrogens is 1. The van der Waals surface area contributed by atoms with Gasteiger partial charge in [-0.2, -0.15) is 13.2 Å². The van der Waals surface area contributed by atoms with Crippen molar-refractivity contribution in [3.63, 3.8) is 0 Å². The van der Waals surface area contributed by atoms with Gasteiger partial charge >= 0.3 is 6.18 Å². The van der Waals surface area contributed by atoms with Crippen molar-refractivity contribution in [2.24, 2.45) is 5.73 Å². The van der Waals surface area contributed by atoms with Crippen LogP contribution in [-0.2, 0) is 19.0 Å². The Kier molecular flexibility index (Phi) is 4.74. The van der Waals surface area contributed by atoms with Crippen LogP contribution in [0.4, 0.5) is 13.2 Å². The normalized spacial score (nSPS) is 11.6. The minimum absolute atomic E-state index is 0.0317. The Hall–Kier alpha value is -1.73. The number of thiazole rings is 1. The summed E-state index contributed by atoms with van der Waals surface area (Å²) in [6.45, 7) is 0.458. The van der Waals surface area contributed by atoms with Crippen LogP contribution in [-0.4, -0.2) is 17.3 Å². The molecular weight excluding hydrogens is 301 g/mol. The number of carbonyl (C=O) groups is 1. The lowest BCUT2D eigenvalue weighted by molar-refractivity contribution is -0.137. The third kappa shape index (κ3) is 4.12. The molecule has 0 bridgehead atoms. The van der Waals surface area contributed by atoms with E-state index < -0.39 is 11.7 Å². The zero-order chi connectivity index (χ0) is 15.5. The molecule has 112 valence electrons. The van der Waals surface area contributed by atoms with E-state index >= 15 is 0 Å². The van der Waals surface area contributed by atoms with Crippen LogP contribution in [0.3, 0.4) is 0 Å². The van der Waals surface area contributed by atoms with Crippen LogP contribution in [0.5, 0.6) is 0 Å². The van der Waals surface area contributed by atoms with E-state index in [-0.39, 0.29) is 12.2 Å². The molecule has 0 aliphatic heterocycles. The second-order valence-corrected chi connectivity index (χ2v) is 5.40. The smallest absolute Gasteiger partial charge is 0.330 e. The van der Waals surface area contributed by atoms with Crippen molar-refractivity contribution in [1.82, 2.24) is 4.98 Å². The minimum atomic E-state index is -4.37. The molecule has 1 aromatic carbocycles. The van der Waals surface area contributed by atoms with E-state index in [0.717, 1.165) is 17.1 Å². The number of ketones is 1. The Labute approximate surface area is 123 Å². The summed E-state index contributed by atoms with van der Waals surface area (Å²) < 4.78 is 37.3. The first-order valence-corrected chi connectivity index (χ1v) is 7.12. The predicted octanol–water partition coefficient (Wildman–Crippen LogP) is 3.09. The zero-order valence-corrected chi connectivity index (χ0v) is 11.8. The quantitative estimate of drug-likeness (QED) is 0.863. The second kappa shape index (κ2) is 6.36. The summed E-state index contributed by atoms with van der Waals surface area (Å²) in [4.78, 5) is 16.2. The molecule has 0 aliphatic rings. The third-order valence-electron chi connectivity index (χ3n) is 2.84. The van der Waals surface area contributed by atoms with E-state index in [1.165, 1.54) is 23.5 Å². The molecule has 0 fully saturated rings. The van der Waals surface area contributed by atoms with Crippen LogP contribution in [0.25, 0.3) is 0 Å². The Balaban J connectivity index is 2.05. The van der Waals surface area contributed by atoms with E-state index in [4.69, 9.17) is 5.73 Å². The lowest BCUT2D eigenvalue weighted by Gasteiger charge is -2.06. The van der Waals surface area contributed by atoms with Crippen LogP contribution >= 0.6 is 11.3 Å². The lowest BCUT2D eigenvalue weighted by Crippen LogP contribution is -2.07. The van der Waals surface area contributed by atoms with Crippen molar-refractivity contribution >= 4 is 17.1 Å². The molecule has 0 radical (unpaired) electrons. The van der Waals surface area contributed by atoms with Gasteiger partial charge in [-0.1, -0.05) is 12.1 Å². The van der Waals surface area contributed by atoms with Gasteiger partial charge in [-0.15, -0.1) is 11.3 Å². The summed E-state index contributed by atoms with van der Waals surface area (Å²) in [6, 6.07) is 4.58. The van der Waals surface area contributed by atoms with Gasteiger partial charge in [-0.3, -0.25) is 4.79 Å². The van der Waals surface area contributed by atoms with Crippen molar-refractivity contribution in [3.05, 3.63) is 51.5 Å². The van der Waals surface area contributed by atoms with Crippen LogP contribution in [0, 0.1) is 0 Å². The highest BCUT2D eigenvalue weighted by atomic mass is 32.1. The van der Waals surface area contributed by atoms with Gasteiger partial charge < -0.3 is 5.73 Å². The third-order valence-corrected chi connectivity index (χ3v) is 3.75. The molecule has 1 aromatic heterocycles. The molecule has 0 amide bonds. The Bertz CT molecular complexity index is 620. The summed E-state index contributed by atoms with van der Waals surface area (Å²) in [6.07, 6.45) is -3.73. The molecular formula is C14H13F3N2OS. The molecule has 2 aromatic rings. The molecule has 3 nitrogen and oxygen atoms in total.